The van der Waals surface area contributed by atoms with E-state index in [0.717, 1.165) is 17.9 Å². The number of aryl methyl sites for hydroxylation is 1. The van der Waals surface area contributed by atoms with Crippen LogP contribution in [0.4, 0.5) is 0 Å². The summed E-state index contributed by atoms with van der Waals surface area (Å²) < 4.78 is 0. The Morgan fingerprint density at radius 2 is 1.43 bits per heavy atom. The summed E-state index contributed by atoms with van der Waals surface area (Å²) in [6.07, 6.45) is 19.1. The van der Waals surface area contributed by atoms with E-state index in [1.807, 2.05) is 19.3 Å². The summed E-state index contributed by atoms with van der Waals surface area (Å²) in [6, 6.07) is 0.660. The Kier molecular flexibility index (Phi) is 7.72. The van der Waals surface area contributed by atoms with Gasteiger partial charge in [-0.05, 0) is 19.8 Å². The maximum absolute atomic E-state index is 4.44. The first kappa shape index (κ1) is 16.4. The summed E-state index contributed by atoms with van der Waals surface area (Å²) in [6.45, 7) is 2.84. The zero-order valence-electron chi connectivity index (χ0n) is 13.6. The zero-order chi connectivity index (χ0) is 14.8. The molecule has 0 aliphatic heterocycles. The van der Waals surface area contributed by atoms with Gasteiger partial charge < -0.3 is 5.32 Å². The topological polar surface area (TPSA) is 37.8 Å². The van der Waals surface area contributed by atoms with Gasteiger partial charge in [-0.1, -0.05) is 57.8 Å². The standard InChI is InChI=1S/C18H31N3/c1-16-13-20-18(14-19-16)15-21-17-11-9-7-5-3-2-4-6-8-10-12-17/h13-14,17,21H,2-12,15H2,1H3. The van der Waals surface area contributed by atoms with E-state index in [0.29, 0.717) is 6.04 Å². The fraction of sp³-hybridized carbons (Fsp3) is 0.778. The van der Waals surface area contributed by atoms with Crippen LogP contribution < -0.4 is 5.32 Å². The van der Waals surface area contributed by atoms with Crippen molar-refractivity contribution in [3.63, 3.8) is 0 Å². The third-order valence-corrected chi connectivity index (χ3v) is 4.51. The molecule has 21 heavy (non-hydrogen) atoms. The molecule has 3 heteroatoms. The molecule has 0 aromatic carbocycles. The van der Waals surface area contributed by atoms with Crippen LogP contribution in [-0.2, 0) is 6.54 Å². The molecule has 1 fully saturated rings. The minimum atomic E-state index is 0.660. The van der Waals surface area contributed by atoms with Crippen molar-refractivity contribution in [3.8, 4) is 0 Å². The normalized spacial score (nSPS) is 19.7. The molecule has 0 bridgehead atoms. The van der Waals surface area contributed by atoms with Gasteiger partial charge in [0.25, 0.3) is 0 Å². The molecular weight excluding hydrogens is 258 g/mol. The number of nitrogens with one attached hydrogen (secondary N) is 1. The number of aromatic nitrogens is 2. The van der Waals surface area contributed by atoms with Gasteiger partial charge in [0.2, 0.25) is 0 Å². The molecule has 1 aliphatic carbocycles. The van der Waals surface area contributed by atoms with Gasteiger partial charge in [0.05, 0.1) is 11.4 Å². The summed E-state index contributed by atoms with van der Waals surface area (Å²) in [5, 5.41) is 3.71. The van der Waals surface area contributed by atoms with Crippen molar-refractivity contribution in [1.82, 2.24) is 15.3 Å². The average molecular weight is 289 g/mol. The fourth-order valence-electron chi connectivity index (χ4n) is 3.13. The van der Waals surface area contributed by atoms with Gasteiger partial charge in [0.1, 0.15) is 0 Å². The van der Waals surface area contributed by atoms with Crippen LogP contribution in [-0.4, -0.2) is 16.0 Å². The maximum atomic E-state index is 4.44. The second-order valence-corrected chi connectivity index (χ2v) is 6.49. The van der Waals surface area contributed by atoms with Crippen LogP contribution in [0.15, 0.2) is 12.4 Å². The van der Waals surface area contributed by atoms with E-state index in [1.165, 1.54) is 70.6 Å². The van der Waals surface area contributed by atoms with Crippen LogP contribution in [0.5, 0.6) is 0 Å². The predicted molar refractivity (Wildman–Crippen MR) is 88.2 cm³/mol. The molecule has 1 heterocycles. The van der Waals surface area contributed by atoms with Crippen LogP contribution in [0.25, 0.3) is 0 Å². The fourth-order valence-corrected chi connectivity index (χ4v) is 3.13. The quantitative estimate of drug-likeness (QED) is 0.887. The lowest BCUT2D eigenvalue weighted by Crippen LogP contribution is -2.29. The Bertz CT molecular complexity index is 363. The van der Waals surface area contributed by atoms with Crippen molar-refractivity contribution in [3.05, 3.63) is 23.8 Å². The van der Waals surface area contributed by atoms with Crippen molar-refractivity contribution in [2.24, 2.45) is 0 Å². The minimum absolute atomic E-state index is 0.660. The summed E-state index contributed by atoms with van der Waals surface area (Å²) in [5.41, 5.74) is 2.05. The predicted octanol–water partition coefficient (Wildman–Crippen LogP) is 4.55. The second kappa shape index (κ2) is 9.88. The SMILES string of the molecule is Cc1cnc(CNC2CCCCCCCCCCC2)cn1. The van der Waals surface area contributed by atoms with E-state index in [-0.39, 0.29) is 0 Å². The highest BCUT2D eigenvalue weighted by Crippen LogP contribution is 2.17. The highest BCUT2D eigenvalue weighted by Gasteiger charge is 2.09. The van der Waals surface area contributed by atoms with Crippen LogP contribution >= 0.6 is 0 Å². The molecule has 0 atom stereocenters. The number of nitrogens with zero attached hydrogens (tertiary/aromatic N) is 2. The van der Waals surface area contributed by atoms with E-state index in [4.69, 9.17) is 0 Å². The lowest BCUT2D eigenvalue weighted by atomic mass is 9.98. The first-order valence-corrected chi connectivity index (χ1v) is 8.85. The molecule has 0 saturated heterocycles. The van der Waals surface area contributed by atoms with Gasteiger partial charge in [0.15, 0.2) is 0 Å². The second-order valence-electron chi connectivity index (χ2n) is 6.49. The molecule has 118 valence electrons. The maximum Gasteiger partial charge on any atom is 0.0724 e. The summed E-state index contributed by atoms with van der Waals surface area (Å²) in [4.78, 5) is 8.76. The molecule has 0 unspecified atom stereocenters. The monoisotopic (exact) mass is 289 g/mol. The molecule has 1 N–H and O–H groups in total. The molecule has 1 saturated carbocycles. The minimum Gasteiger partial charge on any atom is -0.308 e. The molecule has 0 amide bonds. The van der Waals surface area contributed by atoms with Gasteiger partial charge in [-0.15, -0.1) is 0 Å². The Morgan fingerprint density at radius 3 is 1.95 bits per heavy atom. The number of rotatable bonds is 3. The molecule has 0 radical (unpaired) electrons. The molecular formula is C18H31N3. The van der Waals surface area contributed by atoms with Gasteiger partial charge in [-0.3, -0.25) is 9.97 Å². The van der Waals surface area contributed by atoms with E-state index in [9.17, 15) is 0 Å². The first-order chi connectivity index (χ1) is 10.3. The smallest absolute Gasteiger partial charge is 0.0724 e. The highest BCUT2D eigenvalue weighted by molar-refractivity contribution is 5.00. The van der Waals surface area contributed by atoms with Crippen LogP contribution in [0.3, 0.4) is 0 Å². The van der Waals surface area contributed by atoms with E-state index < -0.39 is 0 Å². The molecule has 2 rings (SSSR count). The van der Waals surface area contributed by atoms with E-state index >= 15 is 0 Å². The van der Waals surface area contributed by atoms with Crippen molar-refractivity contribution >= 4 is 0 Å². The Hall–Kier alpha value is -0.960. The lowest BCUT2D eigenvalue weighted by molar-refractivity contribution is 0.401. The summed E-state index contributed by atoms with van der Waals surface area (Å²) in [5.74, 6) is 0. The largest absolute Gasteiger partial charge is 0.308 e. The van der Waals surface area contributed by atoms with E-state index in [1.54, 1.807) is 0 Å². The zero-order valence-corrected chi connectivity index (χ0v) is 13.6. The number of hydrogen-bond donors (Lipinski definition) is 1. The first-order valence-electron chi connectivity index (χ1n) is 8.85. The Morgan fingerprint density at radius 1 is 0.857 bits per heavy atom. The number of hydrogen-bond acceptors (Lipinski definition) is 3. The molecule has 1 aromatic heterocycles. The van der Waals surface area contributed by atoms with Gasteiger partial charge in [0, 0.05) is 25.0 Å². The average Bonchev–Trinajstić information content (AvgIpc) is 2.48. The summed E-state index contributed by atoms with van der Waals surface area (Å²) in [7, 11) is 0. The van der Waals surface area contributed by atoms with Gasteiger partial charge in [-0.25, -0.2) is 0 Å². The van der Waals surface area contributed by atoms with Crippen molar-refractivity contribution in [2.45, 2.75) is 90.1 Å². The van der Waals surface area contributed by atoms with Crippen molar-refractivity contribution in [2.75, 3.05) is 0 Å². The highest BCUT2D eigenvalue weighted by atomic mass is 14.9. The van der Waals surface area contributed by atoms with Crippen LogP contribution in [0, 0.1) is 6.92 Å². The van der Waals surface area contributed by atoms with Gasteiger partial charge in [-0.2, -0.15) is 0 Å². The van der Waals surface area contributed by atoms with E-state index in [2.05, 4.69) is 15.3 Å². The van der Waals surface area contributed by atoms with Crippen LogP contribution in [0.1, 0.15) is 82.0 Å². The third kappa shape index (κ3) is 7.03. The molecule has 3 nitrogen and oxygen atoms in total. The van der Waals surface area contributed by atoms with Crippen molar-refractivity contribution in [1.29, 1.82) is 0 Å². The Balaban J connectivity index is 1.75. The Labute approximate surface area is 130 Å². The van der Waals surface area contributed by atoms with Gasteiger partial charge >= 0.3 is 0 Å². The third-order valence-electron chi connectivity index (χ3n) is 4.51. The molecule has 1 aliphatic rings. The summed E-state index contributed by atoms with van der Waals surface area (Å²) >= 11 is 0. The lowest BCUT2D eigenvalue weighted by Gasteiger charge is -2.19. The van der Waals surface area contributed by atoms with Crippen LogP contribution in [0.2, 0.25) is 0 Å². The molecule has 1 aromatic rings. The van der Waals surface area contributed by atoms with Crippen molar-refractivity contribution < 1.29 is 0 Å². The molecule has 0 spiro atoms.